The van der Waals surface area contributed by atoms with Gasteiger partial charge in [-0.2, -0.15) is 0 Å². The molecular formula is C18H28ClN3O2. The number of halogens is 1. The van der Waals surface area contributed by atoms with E-state index in [0.29, 0.717) is 31.7 Å². The monoisotopic (exact) mass is 353 g/mol. The molecule has 0 aromatic heterocycles. The van der Waals surface area contributed by atoms with Gasteiger partial charge in [-0.1, -0.05) is 39.0 Å². The van der Waals surface area contributed by atoms with Crippen LogP contribution in [0.1, 0.15) is 37.6 Å². The zero-order chi connectivity index (χ0) is 17.0. The molecule has 134 valence electrons. The van der Waals surface area contributed by atoms with Crippen LogP contribution in [0.4, 0.5) is 0 Å². The Balaban J connectivity index is 0.00000288. The van der Waals surface area contributed by atoms with Gasteiger partial charge in [-0.15, -0.1) is 12.4 Å². The van der Waals surface area contributed by atoms with Gasteiger partial charge in [-0.05, 0) is 24.0 Å². The summed E-state index contributed by atoms with van der Waals surface area (Å²) in [4.78, 5) is 28.7. The molecule has 1 saturated heterocycles. The van der Waals surface area contributed by atoms with Gasteiger partial charge in [-0.3, -0.25) is 9.59 Å². The molecule has 0 saturated carbocycles. The average Bonchev–Trinajstić information content (AvgIpc) is 2.78. The van der Waals surface area contributed by atoms with E-state index in [1.165, 1.54) is 0 Å². The number of hydrogen-bond donors (Lipinski definition) is 1. The van der Waals surface area contributed by atoms with E-state index in [0.717, 1.165) is 6.42 Å². The third-order valence-corrected chi connectivity index (χ3v) is 4.31. The number of hydrogen-bond acceptors (Lipinski definition) is 3. The Morgan fingerprint density at radius 3 is 2.12 bits per heavy atom. The number of nitrogens with zero attached hydrogens (tertiary/aromatic N) is 2. The van der Waals surface area contributed by atoms with Crippen molar-refractivity contribution in [3.63, 3.8) is 0 Å². The van der Waals surface area contributed by atoms with Crippen LogP contribution >= 0.6 is 12.4 Å². The summed E-state index contributed by atoms with van der Waals surface area (Å²) >= 11 is 0. The maximum absolute atomic E-state index is 12.5. The first kappa shape index (κ1) is 20.5. The summed E-state index contributed by atoms with van der Waals surface area (Å²) in [6, 6.07) is 8.76. The molecule has 24 heavy (non-hydrogen) atoms. The van der Waals surface area contributed by atoms with Crippen molar-refractivity contribution in [2.24, 2.45) is 11.1 Å². The number of amides is 2. The summed E-state index contributed by atoms with van der Waals surface area (Å²) < 4.78 is 0. The molecule has 2 rings (SSSR count). The molecule has 1 aromatic carbocycles. The SMILES string of the molecule is CC(C)(C)[C@H](N)C(=O)N1CCCN(C(=O)c2ccccc2)CC1.Cl. The third kappa shape index (κ3) is 4.95. The second-order valence-electron chi connectivity index (χ2n) is 7.18. The lowest BCUT2D eigenvalue weighted by atomic mass is 9.86. The van der Waals surface area contributed by atoms with Gasteiger partial charge >= 0.3 is 0 Å². The van der Waals surface area contributed by atoms with Crippen molar-refractivity contribution in [1.82, 2.24) is 9.80 Å². The summed E-state index contributed by atoms with van der Waals surface area (Å²) in [5, 5.41) is 0. The molecule has 0 bridgehead atoms. The largest absolute Gasteiger partial charge is 0.339 e. The van der Waals surface area contributed by atoms with Crippen molar-refractivity contribution in [2.45, 2.75) is 33.2 Å². The fourth-order valence-electron chi connectivity index (χ4n) is 2.67. The minimum absolute atomic E-state index is 0. The minimum atomic E-state index is -0.515. The second-order valence-corrected chi connectivity index (χ2v) is 7.18. The third-order valence-electron chi connectivity index (χ3n) is 4.31. The molecule has 2 N–H and O–H groups in total. The maximum atomic E-state index is 12.5. The normalized spacial score (nSPS) is 16.8. The lowest BCUT2D eigenvalue weighted by molar-refractivity contribution is -0.134. The Morgan fingerprint density at radius 2 is 1.54 bits per heavy atom. The number of carbonyl (C=O) groups excluding carboxylic acids is 2. The molecule has 1 atom stereocenters. The molecule has 1 heterocycles. The maximum Gasteiger partial charge on any atom is 0.253 e. The first-order chi connectivity index (χ1) is 10.8. The molecule has 0 aliphatic carbocycles. The summed E-state index contributed by atoms with van der Waals surface area (Å²) in [6.07, 6.45) is 0.779. The van der Waals surface area contributed by atoms with Crippen LogP contribution in [0.15, 0.2) is 30.3 Å². The van der Waals surface area contributed by atoms with E-state index in [4.69, 9.17) is 5.73 Å². The molecule has 1 fully saturated rings. The lowest BCUT2D eigenvalue weighted by Gasteiger charge is -2.31. The van der Waals surface area contributed by atoms with Crippen LogP contribution in [0.5, 0.6) is 0 Å². The van der Waals surface area contributed by atoms with Crippen LogP contribution in [0.25, 0.3) is 0 Å². The number of nitrogens with two attached hydrogens (primary N) is 1. The van der Waals surface area contributed by atoms with E-state index in [1.807, 2.05) is 56.0 Å². The molecule has 1 aliphatic rings. The van der Waals surface area contributed by atoms with Crippen LogP contribution in [0, 0.1) is 5.41 Å². The van der Waals surface area contributed by atoms with Crippen LogP contribution in [-0.2, 0) is 4.79 Å². The predicted octanol–water partition coefficient (Wildman–Crippen LogP) is 2.16. The number of rotatable bonds is 2. The molecule has 2 amide bonds. The minimum Gasteiger partial charge on any atom is -0.339 e. The summed E-state index contributed by atoms with van der Waals surface area (Å²) in [6.45, 7) is 8.33. The van der Waals surface area contributed by atoms with Gasteiger partial charge in [0.15, 0.2) is 0 Å². The van der Waals surface area contributed by atoms with E-state index in [1.54, 1.807) is 4.90 Å². The van der Waals surface area contributed by atoms with E-state index < -0.39 is 6.04 Å². The van der Waals surface area contributed by atoms with Gasteiger partial charge in [0.25, 0.3) is 5.91 Å². The van der Waals surface area contributed by atoms with Crippen molar-refractivity contribution in [2.75, 3.05) is 26.2 Å². The topological polar surface area (TPSA) is 66.6 Å². The first-order valence-corrected chi connectivity index (χ1v) is 8.19. The highest BCUT2D eigenvalue weighted by atomic mass is 35.5. The highest BCUT2D eigenvalue weighted by Crippen LogP contribution is 2.20. The van der Waals surface area contributed by atoms with Crippen molar-refractivity contribution in [1.29, 1.82) is 0 Å². The Labute approximate surface area is 150 Å². The molecule has 0 radical (unpaired) electrons. The zero-order valence-corrected chi connectivity index (χ0v) is 15.5. The molecule has 1 aromatic rings. The molecule has 5 nitrogen and oxygen atoms in total. The van der Waals surface area contributed by atoms with Crippen molar-refractivity contribution in [3.05, 3.63) is 35.9 Å². The molecule has 6 heteroatoms. The number of carbonyl (C=O) groups is 2. The van der Waals surface area contributed by atoms with Crippen molar-refractivity contribution < 1.29 is 9.59 Å². The van der Waals surface area contributed by atoms with E-state index >= 15 is 0 Å². The lowest BCUT2D eigenvalue weighted by Crippen LogP contribution is -2.51. The van der Waals surface area contributed by atoms with Gasteiger partial charge in [0.2, 0.25) is 5.91 Å². The molecule has 0 spiro atoms. The van der Waals surface area contributed by atoms with Gasteiger partial charge in [-0.25, -0.2) is 0 Å². The highest BCUT2D eigenvalue weighted by Gasteiger charge is 2.32. The Morgan fingerprint density at radius 1 is 1.00 bits per heavy atom. The zero-order valence-electron chi connectivity index (χ0n) is 14.7. The number of benzene rings is 1. The summed E-state index contributed by atoms with van der Waals surface area (Å²) in [5.41, 5.74) is 6.52. The van der Waals surface area contributed by atoms with E-state index in [-0.39, 0.29) is 29.6 Å². The summed E-state index contributed by atoms with van der Waals surface area (Å²) in [7, 11) is 0. The standard InChI is InChI=1S/C18H27N3O2.ClH/c1-18(2,3)15(19)17(23)21-11-7-10-20(12-13-21)16(22)14-8-5-4-6-9-14;/h4-6,8-9,15H,7,10-13,19H2,1-3H3;1H/t15-;/m1./s1. The quantitative estimate of drug-likeness (QED) is 0.885. The van der Waals surface area contributed by atoms with Crippen LogP contribution < -0.4 is 5.73 Å². The van der Waals surface area contributed by atoms with Crippen LogP contribution in [0.3, 0.4) is 0 Å². The molecule has 0 unspecified atom stereocenters. The van der Waals surface area contributed by atoms with Gasteiger partial charge in [0.05, 0.1) is 6.04 Å². The van der Waals surface area contributed by atoms with Crippen LogP contribution in [0.2, 0.25) is 0 Å². The highest BCUT2D eigenvalue weighted by molar-refractivity contribution is 5.94. The Kier molecular flexibility index (Phi) is 7.24. The van der Waals surface area contributed by atoms with Gasteiger partial charge < -0.3 is 15.5 Å². The second kappa shape index (κ2) is 8.49. The van der Waals surface area contributed by atoms with E-state index in [9.17, 15) is 9.59 Å². The Hall–Kier alpha value is -1.59. The van der Waals surface area contributed by atoms with Gasteiger partial charge in [0.1, 0.15) is 0 Å². The average molecular weight is 354 g/mol. The molecular weight excluding hydrogens is 326 g/mol. The predicted molar refractivity (Wildman–Crippen MR) is 98.2 cm³/mol. The van der Waals surface area contributed by atoms with Crippen molar-refractivity contribution >= 4 is 24.2 Å². The first-order valence-electron chi connectivity index (χ1n) is 8.19. The van der Waals surface area contributed by atoms with Crippen LogP contribution in [-0.4, -0.2) is 53.8 Å². The van der Waals surface area contributed by atoms with E-state index in [2.05, 4.69) is 0 Å². The fraction of sp³-hybridized carbons (Fsp3) is 0.556. The van der Waals surface area contributed by atoms with Crippen molar-refractivity contribution in [3.8, 4) is 0 Å². The summed E-state index contributed by atoms with van der Waals surface area (Å²) in [5.74, 6) is 0.00605. The Bertz CT molecular complexity index is 557. The molecule has 1 aliphatic heterocycles. The fourth-order valence-corrected chi connectivity index (χ4v) is 2.67. The smallest absolute Gasteiger partial charge is 0.253 e. The van der Waals surface area contributed by atoms with Gasteiger partial charge in [0, 0.05) is 31.7 Å².